The van der Waals surface area contributed by atoms with Crippen molar-refractivity contribution in [3.8, 4) is 0 Å². The second-order valence-electron chi connectivity index (χ2n) is 8.56. The third-order valence-electron chi connectivity index (χ3n) is 6.96. The Balaban J connectivity index is 1.43. The third kappa shape index (κ3) is 5.15. The molecule has 3 heteroatoms. The SMILES string of the molecule is CCCCC[SiH]1CCC(C2CCC(c3ccc(F)c(F)c3)CC2)CC1. The third-order valence-corrected chi connectivity index (χ3v) is 10.5. The minimum Gasteiger partial charge on any atom is -0.204 e. The predicted octanol–water partition coefficient (Wildman–Crippen LogP) is 7.07. The summed E-state index contributed by atoms with van der Waals surface area (Å²) in [5, 5.41) is 0. The molecule has 25 heavy (non-hydrogen) atoms. The highest BCUT2D eigenvalue weighted by Crippen LogP contribution is 2.43. The van der Waals surface area contributed by atoms with Crippen LogP contribution in [0.15, 0.2) is 18.2 Å². The van der Waals surface area contributed by atoms with Crippen LogP contribution in [-0.4, -0.2) is 8.80 Å². The highest BCUT2D eigenvalue weighted by atomic mass is 28.3. The summed E-state index contributed by atoms with van der Waals surface area (Å²) >= 11 is 0. The van der Waals surface area contributed by atoms with Crippen LogP contribution < -0.4 is 0 Å². The first kappa shape index (κ1) is 19.1. The maximum absolute atomic E-state index is 13.5. The zero-order chi connectivity index (χ0) is 17.6. The molecular weight excluding hydrogens is 330 g/mol. The predicted molar refractivity (Wildman–Crippen MR) is 105 cm³/mol. The van der Waals surface area contributed by atoms with Crippen LogP contribution in [0.5, 0.6) is 0 Å². The Hall–Kier alpha value is -0.703. The van der Waals surface area contributed by atoms with Crippen molar-refractivity contribution in [2.45, 2.75) is 88.8 Å². The average molecular weight is 365 g/mol. The number of rotatable bonds is 6. The van der Waals surface area contributed by atoms with Crippen LogP contribution >= 0.6 is 0 Å². The molecule has 0 nitrogen and oxygen atoms in total. The van der Waals surface area contributed by atoms with Gasteiger partial charge in [-0.05, 0) is 61.1 Å². The molecular formula is C22H34F2Si. The molecule has 1 saturated carbocycles. The topological polar surface area (TPSA) is 0 Å². The van der Waals surface area contributed by atoms with E-state index in [2.05, 4.69) is 6.92 Å². The molecule has 3 rings (SSSR count). The van der Waals surface area contributed by atoms with E-state index in [0.717, 1.165) is 30.2 Å². The summed E-state index contributed by atoms with van der Waals surface area (Å²) in [4.78, 5) is 0. The fourth-order valence-corrected chi connectivity index (χ4v) is 8.85. The van der Waals surface area contributed by atoms with Crippen LogP contribution in [0.25, 0.3) is 0 Å². The van der Waals surface area contributed by atoms with E-state index >= 15 is 0 Å². The Kier molecular flexibility index (Phi) is 7.09. The van der Waals surface area contributed by atoms with Crippen LogP contribution in [0.1, 0.15) is 76.2 Å². The van der Waals surface area contributed by atoms with Gasteiger partial charge in [0, 0.05) is 8.80 Å². The van der Waals surface area contributed by atoms with Crippen molar-refractivity contribution in [1.29, 1.82) is 0 Å². The van der Waals surface area contributed by atoms with Gasteiger partial charge in [-0.2, -0.15) is 0 Å². The zero-order valence-electron chi connectivity index (χ0n) is 15.8. The second-order valence-corrected chi connectivity index (χ2v) is 12.0. The van der Waals surface area contributed by atoms with E-state index in [1.807, 2.05) is 0 Å². The average Bonchev–Trinajstić information content (AvgIpc) is 2.65. The lowest BCUT2D eigenvalue weighted by atomic mass is 9.72. The molecule has 0 unspecified atom stereocenters. The van der Waals surface area contributed by atoms with Crippen molar-refractivity contribution in [2.24, 2.45) is 11.8 Å². The van der Waals surface area contributed by atoms with E-state index in [-0.39, 0.29) is 0 Å². The minimum absolute atomic E-state index is 0.400. The van der Waals surface area contributed by atoms with Gasteiger partial charge in [0.25, 0.3) is 0 Å². The maximum atomic E-state index is 13.5. The molecule has 0 spiro atoms. The van der Waals surface area contributed by atoms with Gasteiger partial charge in [0.05, 0.1) is 0 Å². The molecule has 1 saturated heterocycles. The number of hydrogen-bond donors (Lipinski definition) is 0. The number of halogens is 2. The molecule has 0 bridgehead atoms. The largest absolute Gasteiger partial charge is 0.204 e. The molecule has 1 aliphatic heterocycles. The highest BCUT2D eigenvalue weighted by molar-refractivity contribution is 6.58. The van der Waals surface area contributed by atoms with Crippen molar-refractivity contribution in [2.75, 3.05) is 0 Å². The Labute approximate surface area is 154 Å². The lowest BCUT2D eigenvalue weighted by Gasteiger charge is -2.37. The van der Waals surface area contributed by atoms with E-state index < -0.39 is 20.4 Å². The first-order chi connectivity index (χ1) is 12.2. The molecule has 0 amide bonds. The lowest BCUT2D eigenvalue weighted by molar-refractivity contribution is 0.216. The summed E-state index contributed by atoms with van der Waals surface area (Å²) in [7, 11) is -0.400. The summed E-state index contributed by atoms with van der Waals surface area (Å²) in [5.41, 5.74) is 1.00. The quantitative estimate of drug-likeness (QED) is 0.374. The Morgan fingerprint density at radius 1 is 0.880 bits per heavy atom. The molecule has 1 heterocycles. The molecule has 0 aromatic heterocycles. The number of unbranched alkanes of at least 4 members (excludes halogenated alkanes) is 2. The summed E-state index contributed by atoms with van der Waals surface area (Å²) < 4.78 is 26.6. The smallest absolute Gasteiger partial charge is 0.159 e. The Morgan fingerprint density at radius 2 is 1.56 bits per heavy atom. The molecule has 0 radical (unpaired) electrons. The van der Waals surface area contributed by atoms with Crippen LogP contribution in [-0.2, 0) is 0 Å². The van der Waals surface area contributed by atoms with E-state index in [4.69, 9.17) is 0 Å². The van der Waals surface area contributed by atoms with Crippen molar-refractivity contribution in [3.05, 3.63) is 35.4 Å². The molecule has 140 valence electrons. The molecule has 1 aliphatic carbocycles. The van der Waals surface area contributed by atoms with Crippen molar-refractivity contribution >= 4 is 8.80 Å². The van der Waals surface area contributed by atoms with E-state index in [1.54, 1.807) is 24.2 Å². The summed E-state index contributed by atoms with van der Waals surface area (Å²) in [6.45, 7) is 2.30. The van der Waals surface area contributed by atoms with Crippen LogP contribution in [0.2, 0.25) is 18.1 Å². The monoisotopic (exact) mass is 364 g/mol. The maximum Gasteiger partial charge on any atom is 0.159 e. The molecule has 2 aliphatic rings. The number of hydrogen-bond acceptors (Lipinski definition) is 0. The highest BCUT2D eigenvalue weighted by Gasteiger charge is 2.31. The van der Waals surface area contributed by atoms with E-state index in [1.165, 1.54) is 57.1 Å². The Morgan fingerprint density at radius 3 is 2.20 bits per heavy atom. The second kappa shape index (κ2) is 9.30. The van der Waals surface area contributed by atoms with Crippen LogP contribution in [0, 0.1) is 23.5 Å². The van der Waals surface area contributed by atoms with Gasteiger partial charge in [0.2, 0.25) is 0 Å². The lowest BCUT2D eigenvalue weighted by Crippen LogP contribution is -2.28. The van der Waals surface area contributed by atoms with Gasteiger partial charge in [-0.3, -0.25) is 0 Å². The molecule has 0 atom stereocenters. The van der Waals surface area contributed by atoms with E-state index in [9.17, 15) is 8.78 Å². The minimum atomic E-state index is -0.725. The fourth-order valence-electron chi connectivity index (χ4n) is 5.32. The first-order valence-corrected chi connectivity index (χ1v) is 13.1. The number of benzene rings is 1. The molecule has 2 fully saturated rings. The first-order valence-electron chi connectivity index (χ1n) is 10.6. The van der Waals surface area contributed by atoms with Crippen molar-refractivity contribution in [1.82, 2.24) is 0 Å². The zero-order valence-corrected chi connectivity index (χ0v) is 16.9. The summed E-state index contributed by atoms with van der Waals surface area (Å²) in [5.74, 6) is 0.877. The van der Waals surface area contributed by atoms with Gasteiger partial charge in [-0.1, -0.05) is 63.2 Å². The van der Waals surface area contributed by atoms with Gasteiger partial charge < -0.3 is 0 Å². The fraction of sp³-hybridized carbons (Fsp3) is 0.727. The van der Waals surface area contributed by atoms with Gasteiger partial charge in [0.1, 0.15) is 0 Å². The van der Waals surface area contributed by atoms with Crippen molar-refractivity contribution in [3.63, 3.8) is 0 Å². The van der Waals surface area contributed by atoms with Crippen LogP contribution in [0.3, 0.4) is 0 Å². The Bertz CT molecular complexity index is 529. The van der Waals surface area contributed by atoms with Gasteiger partial charge in [-0.15, -0.1) is 0 Å². The van der Waals surface area contributed by atoms with Gasteiger partial charge in [0.15, 0.2) is 11.6 Å². The summed E-state index contributed by atoms with van der Waals surface area (Å²) in [6.07, 6.45) is 12.1. The molecule has 1 aromatic carbocycles. The summed E-state index contributed by atoms with van der Waals surface area (Å²) in [6, 6.07) is 9.25. The standard InChI is InChI=1S/C22H34F2Si/c1-2-3-4-13-25-14-11-19(12-15-25)17-5-7-18(8-6-17)20-9-10-21(23)22(24)16-20/h9-10,16-19,25H,2-8,11-15H2,1H3. The molecule has 0 N–H and O–H groups in total. The molecule has 1 aromatic rings. The van der Waals surface area contributed by atoms with E-state index in [0.29, 0.717) is 5.92 Å². The van der Waals surface area contributed by atoms with Gasteiger partial charge in [-0.25, -0.2) is 8.78 Å². The van der Waals surface area contributed by atoms with Gasteiger partial charge >= 0.3 is 0 Å². The normalized spacial score (nSPS) is 30.4. The van der Waals surface area contributed by atoms with Crippen LogP contribution in [0.4, 0.5) is 8.78 Å². The van der Waals surface area contributed by atoms with Crippen molar-refractivity contribution < 1.29 is 8.78 Å².